The Balaban J connectivity index is 3.44. The topological polar surface area (TPSA) is 26.3 Å². The van der Waals surface area contributed by atoms with E-state index in [0.29, 0.717) is 13.0 Å². The van der Waals surface area contributed by atoms with Gasteiger partial charge >= 0.3 is 5.97 Å². The first-order valence-electron chi connectivity index (χ1n) is 5.12. The first kappa shape index (κ1) is 12.9. The monoisotopic (exact) mass is 204 g/mol. The van der Waals surface area contributed by atoms with Crippen LogP contribution in [-0.2, 0) is 9.53 Å². The maximum absolute atomic E-state index is 11.1. The van der Waals surface area contributed by atoms with Gasteiger partial charge in [0.1, 0.15) is 0 Å². The van der Waals surface area contributed by atoms with Gasteiger partial charge in [-0.1, -0.05) is 20.8 Å². The van der Waals surface area contributed by atoms with Crippen LogP contribution in [0.5, 0.6) is 0 Å². The molecular weight excluding hydrogens is 183 g/mol. The molecule has 78 valence electrons. The molecule has 3 heteroatoms. The molecule has 0 saturated carbocycles. The molecule has 0 atom stereocenters. The molecule has 13 heavy (non-hydrogen) atoms. The lowest BCUT2D eigenvalue weighted by Gasteiger charge is -2.11. The van der Waals surface area contributed by atoms with Crippen molar-refractivity contribution in [1.82, 2.24) is 0 Å². The van der Waals surface area contributed by atoms with Gasteiger partial charge in [0.15, 0.2) is 0 Å². The maximum Gasteiger partial charge on any atom is 0.306 e. The Hall–Kier alpha value is -0.100. The lowest BCUT2D eigenvalue weighted by atomic mass is 10.5. The van der Waals surface area contributed by atoms with Crippen LogP contribution in [0.15, 0.2) is 0 Å². The third-order valence-electron chi connectivity index (χ3n) is 1.99. The molecular formula is C10H21O2P. The van der Waals surface area contributed by atoms with Crippen LogP contribution in [0.3, 0.4) is 0 Å². The first-order valence-corrected chi connectivity index (χ1v) is 7.02. The Morgan fingerprint density at radius 2 is 1.85 bits per heavy atom. The summed E-state index contributed by atoms with van der Waals surface area (Å²) in [6.07, 6.45) is 5.04. The van der Waals surface area contributed by atoms with Crippen molar-refractivity contribution in [2.24, 2.45) is 0 Å². The fourth-order valence-electron chi connectivity index (χ4n) is 1.08. The minimum absolute atomic E-state index is 0.0174. The highest BCUT2D eigenvalue weighted by molar-refractivity contribution is 7.57. The van der Waals surface area contributed by atoms with E-state index in [9.17, 15) is 4.79 Å². The summed E-state index contributed by atoms with van der Waals surface area (Å²) in [6, 6.07) is 0. The minimum Gasteiger partial charge on any atom is -0.466 e. The van der Waals surface area contributed by atoms with Crippen molar-refractivity contribution in [3.63, 3.8) is 0 Å². The van der Waals surface area contributed by atoms with Gasteiger partial charge in [-0.05, 0) is 24.9 Å². The van der Waals surface area contributed by atoms with Gasteiger partial charge in [-0.15, -0.1) is 7.92 Å². The summed E-state index contributed by atoms with van der Waals surface area (Å²) in [7, 11) is 0.0954. The SMILES string of the molecule is CCCOC(=O)CCP(CC)CC. The fraction of sp³-hybridized carbons (Fsp3) is 0.900. The van der Waals surface area contributed by atoms with Gasteiger partial charge in [-0.25, -0.2) is 0 Å². The smallest absolute Gasteiger partial charge is 0.306 e. The van der Waals surface area contributed by atoms with E-state index >= 15 is 0 Å². The van der Waals surface area contributed by atoms with E-state index < -0.39 is 0 Å². The molecule has 0 aromatic carbocycles. The van der Waals surface area contributed by atoms with Gasteiger partial charge < -0.3 is 4.74 Å². The summed E-state index contributed by atoms with van der Waals surface area (Å²) < 4.78 is 5.00. The van der Waals surface area contributed by atoms with E-state index in [-0.39, 0.29) is 13.9 Å². The second kappa shape index (κ2) is 8.50. The number of hydrogen-bond donors (Lipinski definition) is 0. The largest absolute Gasteiger partial charge is 0.466 e. The van der Waals surface area contributed by atoms with Crippen molar-refractivity contribution in [1.29, 1.82) is 0 Å². The van der Waals surface area contributed by atoms with Gasteiger partial charge in [0.25, 0.3) is 0 Å². The van der Waals surface area contributed by atoms with Crippen molar-refractivity contribution in [2.45, 2.75) is 33.6 Å². The number of carbonyl (C=O) groups is 1. The zero-order chi connectivity index (χ0) is 10.1. The van der Waals surface area contributed by atoms with Crippen LogP contribution in [0.2, 0.25) is 0 Å². The van der Waals surface area contributed by atoms with Gasteiger partial charge in [-0.3, -0.25) is 4.79 Å². The molecule has 0 aliphatic heterocycles. The number of hydrogen-bond acceptors (Lipinski definition) is 2. The van der Waals surface area contributed by atoms with Crippen LogP contribution in [0.25, 0.3) is 0 Å². The molecule has 0 N–H and O–H groups in total. The van der Waals surface area contributed by atoms with Crippen molar-refractivity contribution in [3.8, 4) is 0 Å². The van der Waals surface area contributed by atoms with E-state index in [4.69, 9.17) is 4.74 Å². The van der Waals surface area contributed by atoms with E-state index in [1.807, 2.05) is 6.92 Å². The molecule has 0 saturated heterocycles. The summed E-state index contributed by atoms with van der Waals surface area (Å²) in [6.45, 7) is 6.99. The summed E-state index contributed by atoms with van der Waals surface area (Å²) in [5, 5.41) is 0. The van der Waals surface area contributed by atoms with Gasteiger partial charge in [0, 0.05) is 6.42 Å². The number of ether oxygens (including phenoxy) is 1. The Morgan fingerprint density at radius 3 is 2.31 bits per heavy atom. The molecule has 0 aliphatic carbocycles. The first-order chi connectivity index (χ1) is 6.24. The predicted molar refractivity (Wildman–Crippen MR) is 58.7 cm³/mol. The van der Waals surface area contributed by atoms with Gasteiger partial charge in [-0.2, -0.15) is 0 Å². The van der Waals surface area contributed by atoms with Crippen LogP contribution in [0.1, 0.15) is 33.6 Å². The van der Waals surface area contributed by atoms with Crippen molar-refractivity contribution in [2.75, 3.05) is 25.1 Å². The Bertz CT molecular complexity index is 133. The maximum atomic E-state index is 11.1. The Labute approximate surface area is 82.8 Å². The molecule has 0 fully saturated rings. The highest BCUT2D eigenvalue weighted by Gasteiger charge is 2.07. The van der Waals surface area contributed by atoms with Gasteiger partial charge in [0.05, 0.1) is 6.61 Å². The van der Waals surface area contributed by atoms with E-state index in [1.54, 1.807) is 0 Å². The second-order valence-electron chi connectivity index (χ2n) is 3.00. The van der Waals surface area contributed by atoms with Crippen LogP contribution in [-0.4, -0.2) is 31.1 Å². The van der Waals surface area contributed by atoms with Crippen molar-refractivity contribution < 1.29 is 9.53 Å². The predicted octanol–water partition coefficient (Wildman–Crippen LogP) is 2.85. The number of rotatable bonds is 7. The highest BCUT2D eigenvalue weighted by atomic mass is 31.1. The molecule has 0 aliphatic rings. The normalized spacial score (nSPS) is 10.5. The van der Waals surface area contributed by atoms with Crippen LogP contribution in [0, 0.1) is 0 Å². The lowest BCUT2D eigenvalue weighted by molar-refractivity contribution is -0.143. The molecule has 0 radical (unpaired) electrons. The van der Waals surface area contributed by atoms with E-state index in [2.05, 4.69) is 13.8 Å². The molecule has 0 rings (SSSR count). The third kappa shape index (κ3) is 7.01. The van der Waals surface area contributed by atoms with Crippen LogP contribution < -0.4 is 0 Å². The summed E-state index contributed by atoms with van der Waals surface area (Å²) in [4.78, 5) is 11.1. The molecule has 0 aromatic heterocycles. The van der Waals surface area contributed by atoms with Crippen molar-refractivity contribution in [3.05, 3.63) is 0 Å². The fourth-order valence-corrected chi connectivity index (χ4v) is 2.66. The molecule has 0 heterocycles. The standard InChI is InChI=1S/C10H21O2P/c1-4-8-12-10(11)7-9-13(5-2)6-3/h4-9H2,1-3H3. The number of carbonyl (C=O) groups excluding carboxylic acids is 1. The number of esters is 1. The molecule has 0 bridgehead atoms. The average Bonchev–Trinajstić information content (AvgIpc) is 2.16. The van der Waals surface area contributed by atoms with E-state index in [0.717, 1.165) is 12.6 Å². The summed E-state index contributed by atoms with van der Waals surface area (Å²) in [5.74, 6) is -0.0174. The van der Waals surface area contributed by atoms with Crippen LogP contribution in [0.4, 0.5) is 0 Å². The average molecular weight is 204 g/mol. The quantitative estimate of drug-likeness (QED) is 0.471. The summed E-state index contributed by atoms with van der Waals surface area (Å²) in [5.41, 5.74) is 0. The zero-order valence-corrected chi connectivity index (χ0v) is 9.90. The van der Waals surface area contributed by atoms with E-state index in [1.165, 1.54) is 12.3 Å². The summed E-state index contributed by atoms with van der Waals surface area (Å²) >= 11 is 0. The zero-order valence-electron chi connectivity index (χ0n) is 9.01. The van der Waals surface area contributed by atoms with Crippen molar-refractivity contribution >= 4 is 13.9 Å². The Kier molecular flexibility index (Phi) is 8.43. The highest BCUT2D eigenvalue weighted by Crippen LogP contribution is 2.34. The minimum atomic E-state index is -0.0174. The van der Waals surface area contributed by atoms with Crippen LogP contribution >= 0.6 is 7.92 Å². The van der Waals surface area contributed by atoms with Gasteiger partial charge in [0.2, 0.25) is 0 Å². The Morgan fingerprint density at radius 1 is 1.23 bits per heavy atom. The molecule has 0 spiro atoms. The molecule has 0 aromatic rings. The third-order valence-corrected chi connectivity index (χ3v) is 4.64. The lowest BCUT2D eigenvalue weighted by Crippen LogP contribution is -2.07. The molecule has 2 nitrogen and oxygen atoms in total. The second-order valence-corrected chi connectivity index (χ2v) is 6.05. The molecule has 0 unspecified atom stereocenters. The molecule has 0 amide bonds.